The summed E-state index contributed by atoms with van der Waals surface area (Å²) in [6.07, 6.45) is 4.35. The molecule has 0 amide bonds. The normalized spacial score (nSPS) is 16.3. The molecule has 1 atom stereocenters. The number of carbonyl (C=O) groups excluding carboxylic acids is 1. The van der Waals surface area contributed by atoms with Gasteiger partial charge in [-0.3, -0.25) is 29.2 Å². The van der Waals surface area contributed by atoms with Crippen LogP contribution in [0.1, 0.15) is 32.1 Å². The predicted molar refractivity (Wildman–Crippen MR) is 84.0 cm³/mol. The SMILES string of the molecule is O=C(C[S@](=O)c1ccc([N+](=O)[O-])cc1[N+](=O)[O-])OC1CCCCC1. The molecule has 10 heteroatoms. The van der Waals surface area contributed by atoms with Crippen LogP contribution in [-0.4, -0.2) is 31.9 Å². The van der Waals surface area contributed by atoms with Gasteiger partial charge < -0.3 is 4.74 Å². The lowest BCUT2D eigenvalue weighted by molar-refractivity contribution is -0.396. The number of nitro benzene ring substituents is 2. The Labute approximate surface area is 139 Å². The number of nitro groups is 2. The first-order valence-electron chi connectivity index (χ1n) is 7.39. The highest BCUT2D eigenvalue weighted by Gasteiger charge is 2.26. The monoisotopic (exact) mass is 356 g/mol. The molecule has 9 nitrogen and oxygen atoms in total. The molecule has 24 heavy (non-hydrogen) atoms. The van der Waals surface area contributed by atoms with Crippen LogP contribution >= 0.6 is 0 Å². The molecule has 130 valence electrons. The highest BCUT2D eigenvalue weighted by molar-refractivity contribution is 7.85. The molecule has 0 radical (unpaired) electrons. The van der Waals surface area contributed by atoms with E-state index in [1.807, 2.05) is 0 Å². The van der Waals surface area contributed by atoms with Gasteiger partial charge in [0.2, 0.25) is 0 Å². The Hall–Kier alpha value is -2.36. The van der Waals surface area contributed by atoms with Gasteiger partial charge in [-0.15, -0.1) is 0 Å². The lowest BCUT2D eigenvalue weighted by atomic mass is 9.98. The van der Waals surface area contributed by atoms with Gasteiger partial charge in [0.1, 0.15) is 16.8 Å². The second-order valence-corrected chi connectivity index (χ2v) is 6.83. The van der Waals surface area contributed by atoms with Crippen LogP contribution < -0.4 is 0 Å². The third-order valence-corrected chi connectivity index (χ3v) is 5.03. The summed E-state index contributed by atoms with van der Waals surface area (Å²) in [4.78, 5) is 31.7. The van der Waals surface area contributed by atoms with E-state index < -0.39 is 43.7 Å². The van der Waals surface area contributed by atoms with Gasteiger partial charge in [0.15, 0.2) is 0 Å². The zero-order chi connectivity index (χ0) is 17.7. The summed E-state index contributed by atoms with van der Waals surface area (Å²) in [6.45, 7) is 0. The van der Waals surface area contributed by atoms with E-state index in [9.17, 15) is 29.2 Å². The van der Waals surface area contributed by atoms with Crippen molar-refractivity contribution in [3.8, 4) is 0 Å². The molecular formula is C14H16N2O7S. The van der Waals surface area contributed by atoms with E-state index >= 15 is 0 Å². The summed E-state index contributed by atoms with van der Waals surface area (Å²) in [5, 5.41) is 21.7. The fourth-order valence-electron chi connectivity index (χ4n) is 2.54. The molecule has 1 aromatic carbocycles. The van der Waals surface area contributed by atoms with Crippen LogP contribution in [0.25, 0.3) is 0 Å². The minimum Gasteiger partial charge on any atom is -0.462 e. The van der Waals surface area contributed by atoms with Gasteiger partial charge in [0.25, 0.3) is 11.4 Å². The Kier molecular flexibility index (Phi) is 5.96. The Morgan fingerprint density at radius 2 is 1.83 bits per heavy atom. The van der Waals surface area contributed by atoms with Crippen LogP contribution in [0.15, 0.2) is 23.1 Å². The molecule has 0 N–H and O–H groups in total. The molecular weight excluding hydrogens is 340 g/mol. The van der Waals surface area contributed by atoms with Crippen molar-refractivity contribution in [1.82, 2.24) is 0 Å². The third kappa shape index (κ3) is 4.57. The molecule has 0 bridgehead atoms. The van der Waals surface area contributed by atoms with Gasteiger partial charge in [-0.1, -0.05) is 6.42 Å². The van der Waals surface area contributed by atoms with Gasteiger partial charge in [-0.2, -0.15) is 0 Å². The number of esters is 1. The first kappa shape index (κ1) is 18.0. The van der Waals surface area contributed by atoms with Crippen molar-refractivity contribution >= 4 is 28.1 Å². The second kappa shape index (κ2) is 7.95. The maximum atomic E-state index is 12.2. The van der Waals surface area contributed by atoms with Crippen LogP contribution in [0.3, 0.4) is 0 Å². The molecule has 1 aliphatic rings. The van der Waals surface area contributed by atoms with Gasteiger partial charge in [0.05, 0.1) is 26.7 Å². The Balaban J connectivity index is 2.09. The second-order valence-electron chi connectivity index (χ2n) is 5.41. The third-order valence-electron chi connectivity index (χ3n) is 3.69. The summed E-state index contributed by atoms with van der Waals surface area (Å²) in [6, 6.07) is 2.80. The zero-order valence-corrected chi connectivity index (χ0v) is 13.5. The first-order valence-corrected chi connectivity index (χ1v) is 8.71. The lowest BCUT2D eigenvalue weighted by Crippen LogP contribution is -2.24. The summed E-state index contributed by atoms with van der Waals surface area (Å²) in [5.74, 6) is -1.21. The van der Waals surface area contributed by atoms with Crippen molar-refractivity contribution in [1.29, 1.82) is 0 Å². The Morgan fingerprint density at radius 1 is 1.17 bits per heavy atom. The van der Waals surface area contributed by atoms with E-state index in [0.717, 1.165) is 50.3 Å². The highest BCUT2D eigenvalue weighted by Crippen LogP contribution is 2.27. The van der Waals surface area contributed by atoms with E-state index in [4.69, 9.17) is 4.74 Å². The molecule has 1 saturated carbocycles. The summed E-state index contributed by atoms with van der Waals surface area (Å²) in [5.41, 5.74) is -1.12. The molecule has 1 aromatic rings. The number of nitrogens with zero attached hydrogens (tertiary/aromatic N) is 2. The maximum Gasteiger partial charge on any atom is 0.319 e. The van der Waals surface area contributed by atoms with Crippen molar-refractivity contribution < 1.29 is 23.6 Å². The topological polar surface area (TPSA) is 130 Å². The molecule has 0 spiro atoms. The van der Waals surface area contributed by atoms with E-state index in [1.54, 1.807) is 0 Å². The summed E-state index contributed by atoms with van der Waals surface area (Å²) in [7, 11) is -2.01. The van der Waals surface area contributed by atoms with Gasteiger partial charge >= 0.3 is 5.97 Å². The molecule has 0 heterocycles. The van der Waals surface area contributed by atoms with E-state index in [0.29, 0.717) is 0 Å². The number of carbonyl (C=O) groups is 1. The molecule has 0 aliphatic heterocycles. The Morgan fingerprint density at radius 3 is 2.42 bits per heavy atom. The largest absolute Gasteiger partial charge is 0.462 e. The Bertz CT molecular complexity index is 686. The van der Waals surface area contributed by atoms with Gasteiger partial charge in [-0.25, -0.2) is 0 Å². The smallest absolute Gasteiger partial charge is 0.319 e. The number of rotatable bonds is 6. The standard InChI is InChI=1S/C14H16N2O7S/c17-14(23-11-4-2-1-3-5-11)9-24(22)13-7-6-10(15(18)19)8-12(13)16(20)21/h6-8,11H,1-5,9H2/t24-/m0/s1. The van der Waals surface area contributed by atoms with Crippen LogP contribution in [0.4, 0.5) is 11.4 Å². The molecule has 1 aliphatic carbocycles. The quantitative estimate of drug-likeness (QED) is 0.435. The molecule has 0 unspecified atom stereocenters. The molecule has 2 rings (SSSR count). The number of ether oxygens (including phenoxy) is 1. The van der Waals surface area contributed by atoms with E-state index in [2.05, 4.69) is 0 Å². The molecule has 0 aromatic heterocycles. The van der Waals surface area contributed by atoms with Crippen molar-refractivity contribution in [2.24, 2.45) is 0 Å². The zero-order valence-electron chi connectivity index (χ0n) is 12.7. The molecule has 0 saturated heterocycles. The number of hydrogen-bond acceptors (Lipinski definition) is 7. The minimum atomic E-state index is -2.01. The first-order chi connectivity index (χ1) is 11.4. The maximum absolute atomic E-state index is 12.2. The van der Waals surface area contributed by atoms with Gasteiger partial charge in [0, 0.05) is 6.07 Å². The van der Waals surface area contributed by atoms with Crippen LogP contribution in [-0.2, 0) is 20.3 Å². The minimum absolute atomic E-state index is 0.199. The average Bonchev–Trinajstić information content (AvgIpc) is 2.54. The number of non-ortho nitro benzene ring substituents is 1. The predicted octanol–water partition coefficient (Wildman–Crippen LogP) is 2.49. The lowest BCUT2D eigenvalue weighted by Gasteiger charge is -2.21. The fraction of sp³-hybridized carbons (Fsp3) is 0.500. The van der Waals surface area contributed by atoms with Crippen LogP contribution in [0.2, 0.25) is 0 Å². The van der Waals surface area contributed by atoms with E-state index in [-0.39, 0.29) is 11.0 Å². The van der Waals surface area contributed by atoms with Crippen molar-refractivity contribution in [3.05, 3.63) is 38.4 Å². The van der Waals surface area contributed by atoms with Crippen LogP contribution in [0.5, 0.6) is 0 Å². The molecule has 1 fully saturated rings. The average molecular weight is 356 g/mol. The van der Waals surface area contributed by atoms with Crippen molar-refractivity contribution in [3.63, 3.8) is 0 Å². The summed E-state index contributed by atoms with van der Waals surface area (Å²) >= 11 is 0. The highest BCUT2D eigenvalue weighted by atomic mass is 32.2. The fourth-order valence-corrected chi connectivity index (χ4v) is 3.57. The van der Waals surface area contributed by atoms with Crippen molar-refractivity contribution in [2.45, 2.75) is 43.1 Å². The number of hydrogen-bond donors (Lipinski definition) is 0. The van der Waals surface area contributed by atoms with Crippen LogP contribution in [0, 0.1) is 20.2 Å². The summed E-state index contributed by atoms with van der Waals surface area (Å²) < 4.78 is 17.5. The van der Waals surface area contributed by atoms with E-state index in [1.165, 1.54) is 0 Å². The number of benzene rings is 1. The van der Waals surface area contributed by atoms with Crippen molar-refractivity contribution in [2.75, 3.05) is 5.75 Å². The van der Waals surface area contributed by atoms with Gasteiger partial charge in [-0.05, 0) is 31.7 Å².